The molecule has 1 aliphatic heterocycles. The van der Waals surface area contributed by atoms with Crippen LogP contribution in [0.25, 0.3) is 0 Å². The molecular weight excluding hydrogens is 220 g/mol. The average Bonchev–Trinajstić information content (AvgIpc) is 2.46. The van der Waals surface area contributed by atoms with Gasteiger partial charge >= 0.3 is 0 Å². The molecule has 0 radical (unpaired) electrons. The van der Waals surface area contributed by atoms with E-state index >= 15 is 0 Å². The van der Waals surface area contributed by atoms with Crippen molar-refractivity contribution < 1.29 is 4.74 Å². The highest BCUT2D eigenvalue weighted by atomic mass is 16.5. The van der Waals surface area contributed by atoms with Gasteiger partial charge < -0.3 is 4.74 Å². The van der Waals surface area contributed by atoms with Crippen LogP contribution in [0.2, 0.25) is 0 Å². The van der Waals surface area contributed by atoms with Gasteiger partial charge in [0.1, 0.15) is 0 Å². The molecule has 0 aliphatic carbocycles. The van der Waals surface area contributed by atoms with Gasteiger partial charge in [0, 0.05) is 0 Å². The number of fused-ring (bicyclic) bond motifs is 1. The van der Waals surface area contributed by atoms with Crippen molar-refractivity contribution in [3.63, 3.8) is 0 Å². The smallest absolute Gasteiger partial charge is 0.0723 e. The third kappa shape index (κ3) is 2.62. The van der Waals surface area contributed by atoms with E-state index in [0.29, 0.717) is 6.10 Å². The predicted octanol–water partition coefficient (Wildman–Crippen LogP) is 3.76. The highest BCUT2D eigenvalue weighted by Crippen LogP contribution is 2.22. The quantitative estimate of drug-likeness (QED) is 0.791. The maximum Gasteiger partial charge on any atom is 0.0723 e. The molecule has 92 valence electrons. The molecule has 0 amide bonds. The van der Waals surface area contributed by atoms with Crippen LogP contribution in [0.4, 0.5) is 0 Å². The molecule has 0 aromatic heterocycles. The molecule has 0 spiro atoms. The fraction of sp³-hybridized carbons (Fsp3) is 0.294. The van der Waals surface area contributed by atoms with Gasteiger partial charge in [-0.25, -0.2) is 0 Å². The van der Waals surface area contributed by atoms with Gasteiger partial charge in [-0.2, -0.15) is 0 Å². The van der Waals surface area contributed by atoms with Gasteiger partial charge in [0.15, 0.2) is 0 Å². The summed E-state index contributed by atoms with van der Waals surface area (Å²) < 4.78 is 5.93. The summed E-state index contributed by atoms with van der Waals surface area (Å²) in [5.41, 5.74) is 4.22. The molecule has 1 heterocycles. The molecule has 3 rings (SSSR count). The molecule has 1 unspecified atom stereocenters. The lowest BCUT2D eigenvalue weighted by Crippen LogP contribution is -2.22. The van der Waals surface area contributed by atoms with E-state index in [9.17, 15) is 0 Å². The normalized spacial score (nSPS) is 18.3. The lowest BCUT2D eigenvalue weighted by atomic mass is 9.95. The molecule has 1 nitrogen and oxygen atoms in total. The maximum atomic E-state index is 5.93. The van der Waals surface area contributed by atoms with Crippen LogP contribution in [-0.2, 0) is 24.2 Å². The van der Waals surface area contributed by atoms with Crippen molar-refractivity contribution in [2.75, 3.05) is 0 Å². The zero-order valence-corrected chi connectivity index (χ0v) is 10.5. The summed E-state index contributed by atoms with van der Waals surface area (Å²) in [6.07, 6.45) is 3.65. The van der Waals surface area contributed by atoms with Crippen LogP contribution in [-0.4, -0.2) is 6.10 Å². The van der Waals surface area contributed by atoms with E-state index in [1.807, 2.05) is 0 Å². The summed E-state index contributed by atoms with van der Waals surface area (Å²) >= 11 is 0. The fourth-order valence-electron chi connectivity index (χ4n) is 2.57. The van der Waals surface area contributed by atoms with Crippen LogP contribution < -0.4 is 0 Å². The molecule has 0 bridgehead atoms. The topological polar surface area (TPSA) is 9.23 Å². The van der Waals surface area contributed by atoms with Crippen LogP contribution in [0.15, 0.2) is 54.6 Å². The van der Waals surface area contributed by atoms with Gasteiger partial charge in [0.05, 0.1) is 12.7 Å². The third-order valence-electron chi connectivity index (χ3n) is 3.64. The van der Waals surface area contributed by atoms with Crippen molar-refractivity contribution in [1.29, 1.82) is 0 Å². The molecule has 1 heteroatoms. The summed E-state index contributed by atoms with van der Waals surface area (Å²) in [5.74, 6) is 0. The summed E-state index contributed by atoms with van der Waals surface area (Å²) in [5, 5.41) is 0. The summed E-state index contributed by atoms with van der Waals surface area (Å²) in [6, 6.07) is 19.3. The van der Waals surface area contributed by atoms with E-state index in [1.54, 1.807) is 0 Å². The SMILES string of the molecule is c1ccc(CCC2Cc3ccccc3CO2)cc1. The monoisotopic (exact) mass is 238 g/mol. The average molecular weight is 238 g/mol. The molecule has 1 aliphatic rings. The maximum absolute atomic E-state index is 5.93. The first-order valence-corrected chi connectivity index (χ1v) is 6.64. The summed E-state index contributed by atoms with van der Waals surface area (Å²) in [6.45, 7) is 0.773. The minimum atomic E-state index is 0.375. The molecule has 0 saturated heterocycles. The van der Waals surface area contributed by atoms with Crippen LogP contribution >= 0.6 is 0 Å². The second kappa shape index (κ2) is 5.36. The van der Waals surface area contributed by atoms with Crippen molar-refractivity contribution in [1.82, 2.24) is 0 Å². The van der Waals surface area contributed by atoms with E-state index in [-0.39, 0.29) is 0 Å². The number of rotatable bonds is 3. The van der Waals surface area contributed by atoms with Gasteiger partial charge in [-0.3, -0.25) is 0 Å². The molecule has 0 N–H and O–H groups in total. The lowest BCUT2D eigenvalue weighted by Gasteiger charge is -2.25. The van der Waals surface area contributed by atoms with E-state index < -0.39 is 0 Å². The van der Waals surface area contributed by atoms with E-state index in [2.05, 4.69) is 54.6 Å². The first-order valence-electron chi connectivity index (χ1n) is 6.64. The molecule has 1 atom stereocenters. The van der Waals surface area contributed by atoms with Crippen LogP contribution in [0.1, 0.15) is 23.1 Å². The number of hydrogen-bond donors (Lipinski definition) is 0. The number of ether oxygens (including phenoxy) is 1. The zero-order valence-electron chi connectivity index (χ0n) is 10.5. The largest absolute Gasteiger partial charge is 0.373 e. The van der Waals surface area contributed by atoms with Crippen molar-refractivity contribution in [3.05, 3.63) is 71.3 Å². The van der Waals surface area contributed by atoms with Crippen LogP contribution in [0, 0.1) is 0 Å². The molecule has 0 fully saturated rings. The Labute approximate surface area is 108 Å². The molecule has 2 aromatic carbocycles. The van der Waals surface area contributed by atoms with E-state index in [1.165, 1.54) is 16.7 Å². The first kappa shape index (κ1) is 11.5. The second-order valence-electron chi connectivity index (χ2n) is 4.93. The minimum Gasteiger partial charge on any atom is -0.373 e. The number of benzene rings is 2. The Bertz CT molecular complexity index is 504. The van der Waals surface area contributed by atoms with Gasteiger partial charge in [-0.1, -0.05) is 54.6 Å². The van der Waals surface area contributed by atoms with Gasteiger partial charge in [0.25, 0.3) is 0 Å². The highest BCUT2D eigenvalue weighted by molar-refractivity contribution is 5.28. The Kier molecular flexibility index (Phi) is 3.42. The highest BCUT2D eigenvalue weighted by Gasteiger charge is 2.18. The third-order valence-corrected chi connectivity index (χ3v) is 3.64. The van der Waals surface area contributed by atoms with Crippen LogP contribution in [0.5, 0.6) is 0 Å². The van der Waals surface area contributed by atoms with Gasteiger partial charge in [-0.15, -0.1) is 0 Å². The standard InChI is InChI=1S/C17H18O/c1-2-6-14(7-3-1)10-11-17-12-15-8-4-5-9-16(15)13-18-17/h1-9,17H,10-13H2. The first-order chi connectivity index (χ1) is 8.92. The van der Waals surface area contributed by atoms with Crippen molar-refractivity contribution in [2.45, 2.75) is 32.0 Å². The lowest BCUT2D eigenvalue weighted by molar-refractivity contribution is 0.0235. The predicted molar refractivity (Wildman–Crippen MR) is 73.5 cm³/mol. The Balaban J connectivity index is 1.60. The Hall–Kier alpha value is -1.60. The van der Waals surface area contributed by atoms with Gasteiger partial charge in [0.2, 0.25) is 0 Å². The number of aryl methyl sites for hydroxylation is 1. The van der Waals surface area contributed by atoms with E-state index in [0.717, 1.165) is 25.9 Å². The molecule has 0 saturated carbocycles. The number of hydrogen-bond acceptors (Lipinski definition) is 1. The summed E-state index contributed by atoms with van der Waals surface area (Å²) in [4.78, 5) is 0. The van der Waals surface area contributed by atoms with Crippen molar-refractivity contribution in [2.24, 2.45) is 0 Å². The Morgan fingerprint density at radius 2 is 1.61 bits per heavy atom. The molecule has 2 aromatic rings. The molecular formula is C17H18O. The van der Waals surface area contributed by atoms with Crippen LogP contribution in [0.3, 0.4) is 0 Å². The van der Waals surface area contributed by atoms with Crippen molar-refractivity contribution in [3.8, 4) is 0 Å². The summed E-state index contributed by atoms with van der Waals surface area (Å²) in [7, 11) is 0. The van der Waals surface area contributed by atoms with E-state index in [4.69, 9.17) is 4.74 Å². The fourth-order valence-corrected chi connectivity index (χ4v) is 2.57. The minimum absolute atomic E-state index is 0.375. The Morgan fingerprint density at radius 3 is 2.44 bits per heavy atom. The second-order valence-corrected chi connectivity index (χ2v) is 4.93. The Morgan fingerprint density at radius 1 is 0.889 bits per heavy atom. The zero-order chi connectivity index (χ0) is 12.2. The molecule has 18 heavy (non-hydrogen) atoms. The van der Waals surface area contributed by atoms with Gasteiger partial charge in [-0.05, 0) is 36.0 Å². The van der Waals surface area contributed by atoms with Crippen molar-refractivity contribution >= 4 is 0 Å².